The molecule has 4 rings (SSSR count). The van der Waals surface area contributed by atoms with Crippen LogP contribution in [0, 0.1) is 6.92 Å². The molecular formula is C23H29N3O3S. The molecule has 0 aliphatic carbocycles. The van der Waals surface area contributed by atoms with Crippen molar-refractivity contribution in [1.29, 1.82) is 0 Å². The molecule has 2 atom stereocenters. The highest BCUT2D eigenvalue weighted by molar-refractivity contribution is 8.00. The fraction of sp³-hybridized carbons (Fsp3) is 0.478. The summed E-state index contributed by atoms with van der Waals surface area (Å²) in [5.41, 5.74) is 2.99. The molecule has 1 saturated heterocycles. The predicted molar refractivity (Wildman–Crippen MR) is 120 cm³/mol. The van der Waals surface area contributed by atoms with Crippen LogP contribution in [-0.2, 0) is 9.53 Å². The van der Waals surface area contributed by atoms with Crippen molar-refractivity contribution in [3.05, 3.63) is 53.7 Å². The summed E-state index contributed by atoms with van der Waals surface area (Å²) >= 11 is 1.64. The van der Waals surface area contributed by atoms with Gasteiger partial charge in [0, 0.05) is 12.2 Å². The van der Waals surface area contributed by atoms with Crippen LogP contribution >= 0.6 is 11.8 Å². The maximum absolute atomic E-state index is 12.5. The average molecular weight is 428 g/mol. The van der Waals surface area contributed by atoms with E-state index in [2.05, 4.69) is 37.9 Å². The summed E-state index contributed by atoms with van der Waals surface area (Å²) in [5, 5.41) is 8.06. The van der Waals surface area contributed by atoms with Crippen molar-refractivity contribution in [3.8, 4) is 5.75 Å². The number of aromatic nitrogens is 2. The number of amides is 1. The Labute approximate surface area is 182 Å². The van der Waals surface area contributed by atoms with Crippen molar-refractivity contribution in [2.75, 3.05) is 24.3 Å². The molecule has 2 aliphatic rings. The maximum Gasteiger partial charge on any atom is 0.235 e. The number of thioether (sulfide) groups is 1. The molecule has 1 amide bonds. The highest BCUT2D eigenvalue weighted by Gasteiger charge is 2.36. The van der Waals surface area contributed by atoms with Crippen molar-refractivity contribution in [1.82, 2.24) is 9.78 Å². The molecule has 6 nitrogen and oxygen atoms in total. The molecule has 0 unspecified atom stereocenters. The van der Waals surface area contributed by atoms with Crippen molar-refractivity contribution in [2.24, 2.45) is 0 Å². The van der Waals surface area contributed by atoms with Gasteiger partial charge in [-0.15, -0.1) is 11.8 Å². The third-order valence-corrected chi connectivity index (χ3v) is 6.87. The molecule has 2 aromatic rings. The molecule has 0 radical (unpaired) electrons. The largest absolute Gasteiger partial charge is 0.490 e. The van der Waals surface area contributed by atoms with Gasteiger partial charge in [0.25, 0.3) is 0 Å². The Balaban J connectivity index is 1.70. The fourth-order valence-corrected chi connectivity index (χ4v) is 5.43. The van der Waals surface area contributed by atoms with Gasteiger partial charge in [0.15, 0.2) is 0 Å². The van der Waals surface area contributed by atoms with Gasteiger partial charge in [-0.25, -0.2) is 4.68 Å². The van der Waals surface area contributed by atoms with E-state index >= 15 is 0 Å². The number of ether oxygens (including phenoxy) is 2. The maximum atomic E-state index is 12.5. The molecule has 1 N–H and O–H groups in total. The summed E-state index contributed by atoms with van der Waals surface area (Å²) in [6, 6.07) is 8.29. The molecule has 30 heavy (non-hydrogen) atoms. The SMILES string of the molecule is C=CCOc1ccc([C@@H]2SCC(=O)Nc3c2c(C)nn3[C@@H]2CCOC(C)(C)C2)cc1. The highest BCUT2D eigenvalue weighted by Crippen LogP contribution is 2.45. The number of carbonyl (C=O) groups is 1. The van der Waals surface area contributed by atoms with Crippen LogP contribution in [0.3, 0.4) is 0 Å². The van der Waals surface area contributed by atoms with Gasteiger partial charge in [-0.2, -0.15) is 5.10 Å². The van der Waals surface area contributed by atoms with Crippen LogP contribution in [-0.4, -0.2) is 40.3 Å². The number of carbonyl (C=O) groups excluding carboxylic acids is 1. The highest BCUT2D eigenvalue weighted by atomic mass is 32.2. The Morgan fingerprint density at radius 3 is 2.87 bits per heavy atom. The lowest BCUT2D eigenvalue weighted by Gasteiger charge is -2.36. The van der Waals surface area contributed by atoms with Gasteiger partial charge in [-0.05, 0) is 51.3 Å². The summed E-state index contributed by atoms with van der Waals surface area (Å²) in [7, 11) is 0. The van der Waals surface area contributed by atoms with Gasteiger partial charge in [-0.1, -0.05) is 24.8 Å². The second-order valence-electron chi connectivity index (χ2n) is 8.45. The normalized spacial score (nSPS) is 23.2. The zero-order valence-corrected chi connectivity index (χ0v) is 18.6. The molecule has 1 fully saturated rings. The smallest absolute Gasteiger partial charge is 0.235 e. The second-order valence-corrected chi connectivity index (χ2v) is 9.55. The summed E-state index contributed by atoms with van der Waals surface area (Å²) < 4.78 is 13.5. The lowest BCUT2D eigenvalue weighted by atomic mass is 9.94. The summed E-state index contributed by atoms with van der Waals surface area (Å²) in [5.74, 6) is 2.07. The number of nitrogens with one attached hydrogen (secondary N) is 1. The number of benzene rings is 1. The lowest BCUT2D eigenvalue weighted by Crippen LogP contribution is -2.36. The molecule has 7 heteroatoms. The van der Waals surface area contributed by atoms with Gasteiger partial charge >= 0.3 is 0 Å². The molecule has 3 heterocycles. The van der Waals surface area contributed by atoms with E-state index in [-0.39, 0.29) is 22.8 Å². The number of hydrogen-bond donors (Lipinski definition) is 1. The van der Waals surface area contributed by atoms with E-state index in [0.29, 0.717) is 19.0 Å². The zero-order valence-electron chi connectivity index (χ0n) is 17.8. The minimum absolute atomic E-state index is 0.0159. The monoisotopic (exact) mass is 427 g/mol. The summed E-state index contributed by atoms with van der Waals surface area (Å²) in [6.07, 6.45) is 3.48. The van der Waals surface area contributed by atoms with E-state index in [1.165, 1.54) is 0 Å². The zero-order chi connectivity index (χ0) is 21.3. The standard InChI is InChI=1S/C23H29N3O3S/c1-5-11-28-18-8-6-16(7-9-18)21-20-15(2)25-26(22(20)24-19(27)14-30-21)17-10-12-29-23(3,4)13-17/h5-9,17,21H,1,10-14H2,2-4H3,(H,24,27)/t17-,21+/m1/s1. The quantitative estimate of drug-likeness (QED) is 0.703. The van der Waals surface area contributed by atoms with E-state index in [4.69, 9.17) is 14.6 Å². The van der Waals surface area contributed by atoms with Crippen molar-refractivity contribution >= 4 is 23.5 Å². The number of nitrogens with zero attached hydrogens (tertiary/aromatic N) is 2. The molecular weight excluding hydrogens is 398 g/mol. The van der Waals surface area contributed by atoms with E-state index in [0.717, 1.165) is 41.2 Å². The predicted octanol–water partition coefficient (Wildman–Crippen LogP) is 4.66. The van der Waals surface area contributed by atoms with E-state index in [9.17, 15) is 4.79 Å². The molecule has 2 aliphatic heterocycles. The first-order valence-corrected chi connectivity index (χ1v) is 11.4. The van der Waals surface area contributed by atoms with Gasteiger partial charge in [0.2, 0.25) is 5.91 Å². The Kier molecular flexibility index (Phi) is 5.93. The number of anilines is 1. The van der Waals surface area contributed by atoms with Crippen LogP contribution in [0.2, 0.25) is 0 Å². The third-order valence-electron chi connectivity index (χ3n) is 5.60. The van der Waals surface area contributed by atoms with Crippen molar-refractivity contribution in [2.45, 2.75) is 50.5 Å². The molecule has 0 bridgehead atoms. The fourth-order valence-electron chi connectivity index (χ4n) is 4.24. The van der Waals surface area contributed by atoms with Gasteiger partial charge in [0.05, 0.1) is 28.3 Å². The Morgan fingerprint density at radius 2 is 2.17 bits per heavy atom. The molecule has 0 spiro atoms. The third kappa shape index (κ3) is 4.27. The van der Waals surface area contributed by atoms with Crippen molar-refractivity contribution < 1.29 is 14.3 Å². The molecule has 1 aromatic carbocycles. The minimum Gasteiger partial charge on any atom is -0.490 e. The van der Waals surface area contributed by atoms with E-state index < -0.39 is 0 Å². The number of fused-ring (bicyclic) bond motifs is 1. The second kappa shape index (κ2) is 8.47. The number of rotatable bonds is 5. The number of hydrogen-bond acceptors (Lipinski definition) is 5. The van der Waals surface area contributed by atoms with Crippen molar-refractivity contribution in [3.63, 3.8) is 0 Å². The molecule has 1 aromatic heterocycles. The van der Waals surface area contributed by atoms with Gasteiger partial charge in [0.1, 0.15) is 18.2 Å². The van der Waals surface area contributed by atoms with Crippen LogP contribution in [0.4, 0.5) is 5.82 Å². The lowest BCUT2D eigenvalue weighted by molar-refractivity contribution is -0.113. The number of aryl methyl sites for hydroxylation is 1. The first kappa shape index (κ1) is 21.0. The van der Waals surface area contributed by atoms with E-state index in [1.807, 2.05) is 23.7 Å². The first-order chi connectivity index (χ1) is 14.4. The Bertz CT molecular complexity index is 936. The van der Waals surface area contributed by atoms with E-state index in [1.54, 1.807) is 17.8 Å². The van der Waals surface area contributed by atoms with Crippen LogP contribution in [0.5, 0.6) is 5.75 Å². The summed E-state index contributed by atoms with van der Waals surface area (Å²) in [6.45, 7) is 11.1. The van der Waals surface area contributed by atoms with Crippen LogP contribution in [0.1, 0.15) is 54.8 Å². The molecule has 0 saturated carbocycles. The van der Waals surface area contributed by atoms with Gasteiger partial charge < -0.3 is 14.8 Å². The Morgan fingerprint density at radius 1 is 1.40 bits per heavy atom. The van der Waals surface area contributed by atoms with Gasteiger partial charge in [-0.3, -0.25) is 4.79 Å². The molecule has 160 valence electrons. The van der Waals surface area contributed by atoms with Crippen LogP contribution in [0.15, 0.2) is 36.9 Å². The average Bonchev–Trinajstić information content (AvgIpc) is 2.91. The van der Waals surface area contributed by atoms with Crippen LogP contribution in [0.25, 0.3) is 0 Å². The summed E-state index contributed by atoms with van der Waals surface area (Å²) in [4.78, 5) is 12.5. The van der Waals surface area contributed by atoms with Crippen LogP contribution < -0.4 is 10.1 Å². The first-order valence-electron chi connectivity index (χ1n) is 10.4. The Hall–Kier alpha value is -2.25. The minimum atomic E-state index is -0.195. The topological polar surface area (TPSA) is 65.4 Å².